The zero-order valence-corrected chi connectivity index (χ0v) is 10.4. The first-order valence-corrected chi connectivity index (χ1v) is 6.91. The Bertz CT molecular complexity index is 609. The maximum absolute atomic E-state index is 10.5. The van der Waals surface area contributed by atoms with Crippen LogP contribution in [0.1, 0.15) is 18.4 Å². The number of hydrogen-bond acceptors (Lipinski definition) is 2. The Morgan fingerprint density at radius 3 is 2.44 bits per heavy atom. The van der Waals surface area contributed by atoms with Gasteiger partial charge in [-0.15, -0.1) is 0 Å². The van der Waals surface area contributed by atoms with Crippen molar-refractivity contribution in [2.45, 2.75) is 19.3 Å². The van der Waals surface area contributed by atoms with E-state index < -0.39 is 10.1 Å². The summed E-state index contributed by atoms with van der Waals surface area (Å²) in [6.07, 6.45) is 1.40. The highest BCUT2D eigenvalue weighted by Gasteiger charge is 2.09. The number of rotatable bonds is 5. The maximum Gasteiger partial charge on any atom is 0.264 e. The Morgan fingerprint density at radius 1 is 1.17 bits per heavy atom. The second-order valence-electron chi connectivity index (χ2n) is 3.75. The minimum absolute atomic E-state index is 0.275. The molecule has 0 heterocycles. The summed E-state index contributed by atoms with van der Waals surface area (Å²) in [5, 5.41) is 0. The average Bonchev–Trinajstić information content (AvgIpc) is 2.32. The Morgan fingerprint density at radius 2 is 1.89 bits per heavy atom. The van der Waals surface area contributed by atoms with E-state index in [1.54, 1.807) is 18.2 Å². The summed E-state index contributed by atoms with van der Waals surface area (Å²) in [5.41, 5.74) is 1.39. The Balaban J connectivity index is 2.70. The molecule has 0 aliphatic carbocycles. The fourth-order valence-electron chi connectivity index (χ4n) is 1.60. The van der Waals surface area contributed by atoms with E-state index in [-0.39, 0.29) is 5.75 Å². The van der Waals surface area contributed by atoms with Crippen LogP contribution in [0.4, 0.5) is 11.4 Å². The topological polar surface area (TPSA) is 63.1 Å². The van der Waals surface area contributed by atoms with Gasteiger partial charge in [-0.2, -0.15) is 8.42 Å². The molecule has 18 heavy (non-hydrogen) atoms. The summed E-state index contributed by atoms with van der Waals surface area (Å²) < 4.78 is 29.6. The summed E-state index contributed by atoms with van der Waals surface area (Å²) in [6, 6.07) is 5.05. The van der Waals surface area contributed by atoms with Crippen LogP contribution >= 0.6 is 0 Å². The molecule has 0 aliphatic heterocycles. The van der Waals surface area contributed by atoms with Gasteiger partial charge in [0.25, 0.3) is 10.1 Å². The largest absolute Gasteiger partial charge is 0.286 e. The van der Waals surface area contributed by atoms with E-state index >= 15 is 0 Å². The van der Waals surface area contributed by atoms with Crippen molar-refractivity contribution < 1.29 is 13.0 Å². The molecule has 0 aromatic heterocycles. The molecule has 0 bridgehead atoms. The highest BCUT2D eigenvalue weighted by molar-refractivity contribution is 7.85. The molecule has 5 nitrogen and oxygen atoms in total. The first-order valence-electron chi connectivity index (χ1n) is 5.30. The number of benzene rings is 1. The summed E-state index contributed by atoms with van der Waals surface area (Å²) in [7, 11) is -3.92. The molecule has 0 saturated carbocycles. The predicted molar refractivity (Wildman–Crippen MR) is 68.3 cm³/mol. The zero-order chi connectivity index (χ0) is 13.6. The van der Waals surface area contributed by atoms with Crippen LogP contribution in [0.3, 0.4) is 0 Å². The fourth-order valence-corrected chi connectivity index (χ4v) is 2.17. The van der Waals surface area contributed by atoms with Crippen LogP contribution in [0, 0.1) is 13.1 Å². The van der Waals surface area contributed by atoms with Gasteiger partial charge in [0.05, 0.1) is 18.9 Å². The quantitative estimate of drug-likeness (QED) is 0.505. The lowest BCUT2D eigenvalue weighted by molar-refractivity contribution is 0.480. The van der Waals surface area contributed by atoms with E-state index in [0.29, 0.717) is 30.6 Å². The first-order chi connectivity index (χ1) is 8.48. The summed E-state index contributed by atoms with van der Waals surface area (Å²) in [5.74, 6) is -0.275. The van der Waals surface area contributed by atoms with Crippen molar-refractivity contribution in [3.8, 4) is 0 Å². The maximum atomic E-state index is 10.5. The van der Waals surface area contributed by atoms with Crippen LogP contribution in [0.15, 0.2) is 18.2 Å². The molecule has 0 fully saturated rings. The fraction of sp³-hybridized carbons (Fsp3) is 0.333. The Labute approximate surface area is 106 Å². The molecule has 1 aromatic carbocycles. The lowest BCUT2D eigenvalue weighted by Crippen LogP contribution is -2.03. The molecule has 94 valence electrons. The SMILES string of the molecule is [C-]#[N+]c1cccc(CCCCS(=O)(=O)O)c1[N+]#[C-]. The smallest absolute Gasteiger partial charge is 0.264 e. The van der Waals surface area contributed by atoms with Crippen LogP contribution in [0.5, 0.6) is 0 Å². The normalized spacial score (nSPS) is 10.6. The van der Waals surface area contributed by atoms with Gasteiger partial charge in [0.15, 0.2) is 11.4 Å². The van der Waals surface area contributed by atoms with Gasteiger partial charge < -0.3 is 0 Å². The van der Waals surface area contributed by atoms with Gasteiger partial charge in [0.1, 0.15) is 0 Å². The van der Waals surface area contributed by atoms with Gasteiger partial charge in [-0.3, -0.25) is 9.40 Å². The molecule has 0 amide bonds. The van der Waals surface area contributed by atoms with Crippen LogP contribution in [0.2, 0.25) is 0 Å². The van der Waals surface area contributed by atoms with Gasteiger partial charge in [0, 0.05) is 0 Å². The first kappa shape index (κ1) is 14.2. The molecule has 0 saturated heterocycles. The number of para-hydroxylation sites is 1. The second-order valence-corrected chi connectivity index (χ2v) is 5.32. The van der Waals surface area contributed by atoms with E-state index in [0.717, 1.165) is 5.56 Å². The number of aryl methyl sites for hydroxylation is 1. The van der Waals surface area contributed by atoms with Gasteiger partial charge >= 0.3 is 0 Å². The molecule has 0 unspecified atom stereocenters. The van der Waals surface area contributed by atoms with Crippen LogP contribution in [-0.2, 0) is 16.5 Å². The predicted octanol–water partition coefficient (Wildman–Crippen LogP) is 3.00. The Hall–Kier alpha value is -1.89. The van der Waals surface area contributed by atoms with Gasteiger partial charge in [-0.25, -0.2) is 4.85 Å². The molecule has 0 atom stereocenters. The van der Waals surface area contributed by atoms with Crippen LogP contribution in [-0.4, -0.2) is 18.7 Å². The summed E-state index contributed by atoms with van der Waals surface area (Å²) in [6.45, 7) is 14.0. The minimum atomic E-state index is -3.92. The van der Waals surface area contributed by atoms with Gasteiger partial charge in [-0.05, 0) is 19.3 Å². The van der Waals surface area contributed by atoms with Gasteiger partial charge in [0.2, 0.25) is 0 Å². The Kier molecular flexibility index (Phi) is 4.85. The molecule has 0 aliphatic rings. The van der Waals surface area contributed by atoms with E-state index in [1.807, 2.05) is 0 Å². The number of hydrogen-bond donors (Lipinski definition) is 1. The average molecular weight is 264 g/mol. The van der Waals surface area contributed by atoms with Gasteiger partial charge in [-0.1, -0.05) is 23.8 Å². The molecular formula is C12H12N2O3S. The second kappa shape index (κ2) is 6.15. The molecule has 6 heteroatoms. The molecule has 0 radical (unpaired) electrons. The van der Waals surface area contributed by atoms with Crippen LogP contribution < -0.4 is 0 Å². The van der Waals surface area contributed by atoms with E-state index in [4.69, 9.17) is 17.7 Å². The highest BCUT2D eigenvalue weighted by atomic mass is 32.2. The molecule has 1 aromatic rings. The third-order valence-corrected chi connectivity index (χ3v) is 3.23. The number of nitrogens with zero attached hydrogens (tertiary/aromatic N) is 2. The van der Waals surface area contributed by atoms with Crippen molar-refractivity contribution in [3.63, 3.8) is 0 Å². The highest BCUT2D eigenvalue weighted by Crippen LogP contribution is 2.32. The van der Waals surface area contributed by atoms with Crippen molar-refractivity contribution in [2.75, 3.05) is 5.75 Å². The van der Waals surface area contributed by atoms with E-state index in [1.165, 1.54) is 0 Å². The van der Waals surface area contributed by atoms with Crippen LogP contribution in [0.25, 0.3) is 9.69 Å². The van der Waals surface area contributed by atoms with Crippen molar-refractivity contribution in [2.24, 2.45) is 0 Å². The van der Waals surface area contributed by atoms with Crippen molar-refractivity contribution in [1.82, 2.24) is 0 Å². The zero-order valence-electron chi connectivity index (χ0n) is 9.63. The van der Waals surface area contributed by atoms with Crippen molar-refractivity contribution in [1.29, 1.82) is 0 Å². The summed E-state index contributed by atoms with van der Waals surface area (Å²) in [4.78, 5) is 6.61. The molecular weight excluding hydrogens is 252 g/mol. The number of unbranched alkanes of at least 4 members (excludes halogenated alkanes) is 1. The van der Waals surface area contributed by atoms with E-state index in [2.05, 4.69) is 9.69 Å². The lowest BCUT2D eigenvalue weighted by atomic mass is 10.1. The summed E-state index contributed by atoms with van der Waals surface area (Å²) >= 11 is 0. The van der Waals surface area contributed by atoms with E-state index in [9.17, 15) is 8.42 Å². The van der Waals surface area contributed by atoms with Crippen molar-refractivity contribution >= 4 is 21.5 Å². The molecule has 0 spiro atoms. The minimum Gasteiger partial charge on any atom is -0.286 e. The van der Waals surface area contributed by atoms with Crippen molar-refractivity contribution in [3.05, 3.63) is 46.6 Å². The molecule has 1 N–H and O–H groups in total. The third kappa shape index (κ3) is 4.17. The lowest BCUT2D eigenvalue weighted by Gasteiger charge is -2.05. The third-order valence-electron chi connectivity index (χ3n) is 2.43. The molecule has 1 rings (SSSR count). The standard InChI is InChI=1S/C12H12N2O3S/c1-13-11-8-5-7-10(12(11)14-2)6-3-4-9-18(15,16)17/h5,7-8H,3-4,6,9H2,(H,15,16,17). The monoisotopic (exact) mass is 264 g/mol.